The molecule has 90 valence electrons. The van der Waals surface area contributed by atoms with E-state index in [2.05, 4.69) is 58.5 Å². The molecule has 0 unspecified atom stereocenters. The summed E-state index contributed by atoms with van der Waals surface area (Å²) in [6, 6.07) is 11.0. The first kappa shape index (κ1) is 12.6. The number of benzene rings is 1. The average Bonchev–Trinajstić information content (AvgIpc) is 3.08. The molecule has 0 bridgehead atoms. The topological polar surface area (TPSA) is 35.8 Å². The highest BCUT2D eigenvalue weighted by Gasteiger charge is 2.42. The van der Waals surface area contributed by atoms with E-state index in [9.17, 15) is 0 Å². The maximum atomic E-state index is 8.77. The molecule has 1 aromatic rings. The summed E-state index contributed by atoms with van der Waals surface area (Å²) in [7, 11) is 0. The first-order valence-electron chi connectivity index (χ1n) is 6.01. The Hall–Kier alpha value is -0.850. The normalized spacial score (nSPS) is 18.4. The molecule has 0 aliphatic heterocycles. The number of hydrogen-bond acceptors (Lipinski definition) is 2. The summed E-state index contributed by atoms with van der Waals surface area (Å²) in [5.41, 5.74) is 1.57. The van der Waals surface area contributed by atoms with Crippen LogP contribution in [0.3, 0.4) is 0 Å². The minimum absolute atomic E-state index is 0.276. The van der Waals surface area contributed by atoms with Crippen molar-refractivity contribution < 1.29 is 0 Å². The van der Waals surface area contributed by atoms with Crippen LogP contribution in [0.1, 0.15) is 37.8 Å². The number of nitrogens with one attached hydrogen (secondary N) is 1. The number of halogens is 1. The van der Waals surface area contributed by atoms with Gasteiger partial charge >= 0.3 is 0 Å². The summed E-state index contributed by atoms with van der Waals surface area (Å²) in [6.07, 6.45) is 3.08. The highest BCUT2D eigenvalue weighted by atomic mass is 79.9. The Kier molecular flexibility index (Phi) is 3.86. The van der Waals surface area contributed by atoms with Crippen LogP contribution >= 0.6 is 15.9 Å². The fraction of sp³-hybridized carbons (Fsp3) is 0.500. The summed E-state index contributed by atoms with van der Waals surface area (Å²) in [5.74, 6) is 0. The number of nitriles is 1. The van der Waals surface area contributed by atoms with Gasteiger partial charge in [-0.3, -0.25) is 0 Å². The van der Waals surface area contributed by atoms with Crippen molar-refractivity contribution in [2.45, 2.75) is 32.2 Å². The predicted molar refractivity (Wildman–Crippen MR) is 72.5 cm³/mol. The Labute approximate surface area is 111 Å². The van der Waals surface area contributed by atoms with Gasteiger partial charge in [0.25, 0.3) is 0 Å². The first-order valence-corrected chi connectivity index (χ1v) is 6.80. The summed E-state index contributed by atoms with van der Waals surface area (Å²) < 4.78 is 1.11. The quantitative estimate of drug-likeness (QED) is 0.896. The minimum Gasteiger partial charge on any atom is -0.310 e. The second-order valence-electron chi connectivity index (χ2n) is 4.99. The maximum Gasteiger partial charge on any atom is 0.0628 e. The summed E-state index contributed by atoms with van der Waals surface area (Å²) in [4.78, 5) is 0. The van der Waals surface area contributed by atoms with Crippen molar-refractivity contribution in [3.63, 3.8) is 0 Å². The minimum atomic E-state index is 0.276. The summed E-state index contributed by atoms with van der Waals surface area (Å²) >= 11 is 3.44. The molecule has 0 radical (unpaired) electrons. The van der Waals surface area contributed by atoms with E-state index in [4.69, 9.17) is 5.26 Å². The molecular weight excluding hydrogens is 276 g/mol. The molecule has 1 saturated carbocycles. The molecule has 1 N–H and O–H groups in total. The lowest BCUT2D eigenvalue weighted by molar-refractivity contribution is 0.433. The maximum absolute atomic E-state index is 8.77. The van der Waals surface area contributed by atoms with Crippen molar-refractivity contribution in [1.82, 2.24) is 5.32 Å². The van der Waals surface area contributed by atoms with E-state index in [0.29, 0.717) is 12.5 Å². The van der Waals surface area contributed by atoms with Gasteiger partial charge in [0.1, 0.15) is 0 Å². The zero-order valence-corrected chi connectivity index (χ0v) is 11.6. The summed E-state index contributed by atoms with van der Waals surface area (Å²) in [5, 5.41) is 12.3. The fourth-order valence-electron chi connectivity index (χ4n) is 2.00. The molecule has 0 amide bonds. The highest BCUT2D eigenvalue weighted by Crippen LogP contribution is 2.48. The van der Waals surface area contributed by atoms with Gasteiger partial charge < -0.3 is 5.32 Å². The third-order valence-corrected chi connectivity index (χ3v) is 4.09. The summed E-state index contributed by atoms with van der Waals surface area (Å²) in [6.45, 7) is 3.13. The van der Waals surface area contributed by atoms with Crippen LogP contribution in [-0.4, -0.2) is 6.54 Å². The van der Waals surface area contributed by atoms with E-state index >= 15 is 0 Å². The van der Waals surface area contributed by atoms with E-state index < -0.39 is 0 Å². The fourth-order valence-corrected chi connectivity index (χ4v) is 2.26. The lowest BCUT2D eigenvalue weighted by atomic mass is 10.0. The molecular formula is C14H17BrN2. The largest absolute Gasteiger partial charge is 0.310 e. The van der Waals surface area contributed by atoms with E-state index in [1.54, 1.807) is 0 Å². The SMILES string of the molecule is C[C@H](NCC1(CC#N)CC1)c1ccc(Br)cc1. The number of hydrogen-bond donors (Lipinski definition) is 1. The van der Waals surface area contributed by atoms with Crippen LogP contribution in [0.2, 0.25) is 0 Å². The number of nitrogens with zero attached hydrogens (tertiary/aromatic N) is 1. The third kappa shape index (κ3) is 3.31. The van der Waals surface area contributed by atoms with Crippen LogP contribution in [0, 0.1) is 16.7 Å². The molecule has 0 spiro atoms. The van der Waals surface area contributed by atoms with Crippen molar-refractivity contribution in [3.8, 4) is 6.07 Å². The molecule has 1 aromatic carbocycles. The van der Waals surface area contributed by atoms with Gasteiger partial charge in [-0.2, -0.15) is 5.26 Å². The second-order valence-corrected chi connectivity index (χ2v) is 5.90. The van der Waals surface area contributed by atoms with Crippen LogP contribution < -0.4 is 5.32 Å². The van der Waals surface area contributed by atoms with Crippen molar-refractivity contribution in [3.05, 3.63) is 34.3 Å². The molecule has 1 aliphatic carbocycles. The van der Waals surface area contributed by atoms with Crippen LogP contribution in [0.4, 0.5) is 0 Å². The Balaban J connectivity index is 1.87. The van der Waals surface area contributed by atoms with Crippen LogP contribution in [0.5, 0.6) is 0 Å². The van der Waals surface area contributed by atoms with Gasteiger partial charge in [-0.15, -0.1) is 0 Å². The van der Waals surface area contributed by atoms with E-state index in [1.165, 1.54) is 18.4 Å². The Morgan fingerprint density at radius 1 is 1.41 bits per heavy atom. The molecule has 1 atom stereocenters. The van der Waals surface area contributed by atoms with Crippen LogP contribution in [0.15, 0.2) is 28.7 Å². The lowest BCUT2D eigenvalue weighted by Crippen LogP contribution is -2.26. The van der Waals surface area contributed by atoms with Gasteiger partial charge in [-0.25, -0.2) is 0 Å². The average molecular weight is 293 g/mol. The molecule has 0 heterocycles. The highest BCUT2D eigenvalue weighted by molar-refractivity contribution is 9.10. The van der Waals surface area contributed by atoms with Crippen molar-refractivity contribution in [1.29, 1.82) is 5.26 Å². The first-order chi connectivity index (χ1) is 8.15. The predicted octanol–water partition coefficient (Wildman–Crippen LogP) is 3.79. The molecule has 2 rings (SSSR count). The molecule has 0 saturated heterocycles. The van der Waals surface area contributed by atoms with Crippen LogP contribution in [-0.2, 0) is 0 Å². The van der Waals surface area contributed by atoms with Gasteiger partial charge in [0, 0.05) is 23.5 Å². The monoisotopic (exact) mass is 292 g/mol. The van der Waals surface area contributed by atoms with Gasteiger partial charge in [0.05, 0.1) is 6.07 Å². The molecule has 1 aliphatic rings. The second kappa shape index (κ2) is 5.20. The van der Waals surface area contributed by atoms with Gasteiger partial charge in [0.15, 0.2) is 0 Å². The molecule has 2 nitrogen and oxygen atoms in total. The van der Waals surface area contributed by atoms with Crippen molar-refractivity contribution in [2.75, 3.05) is 6.54 Å². The van der Waals surface area contributed by atoms with E-state index in [-0.39, 0.29) is 5.41 Å². The third-order valence-electron chi connectivity index (χ3n) is 3.56. The van der Waals surface area contributed by atoms with Crippen molar-refractivity contribution >= 4 is 15.9 Å². The van der Waals surface area contributed by atoms with Crippen molar-refractivity contribution in [2.24, 2.45) is 5.41 Å². The smallest absolute Gasteiger partial charge is 0.0628 e. The molecule has 17 heavy (non-hydrogen) atoms. The molecule has 1 fully saturated rings. The number of rotatable bonds is 5. The van der Waals surface area contributed by atoms with E-state index in [0.717, 1.165) is 11.0 Å². The molecule has 0 aromatic heterocycles. The van der Waals surface area contributed by atoms with Gasteiger partial charge in [-0.05, 0) is 42.9 Å². The Bertz CT molecular complexity index is 415. The lowest BCUT2D eigenvalue weighted by Gasteiger charge is -2.18. The van der Waals surface area contributed by atoms with Gasteiger partial charge in [0.2, 0.25) is 0 Å². The Morgan fingerprint density at radius 3 is 2.59 bits per heavy atom. The van der Waals surface area contributed by atoms with Crippen LogP contribution in [0.25, 0.3) is 0 Å². The standard InChI is InChI=1S/C14H17BrN2/c1-11(12-2-4-13(15)5-3-12)17-10-14(6-7-14)8-9-16/h2-5,11,17H,6-8,10H2,1H3/t11-/m0/s1. The zero-order chi connectivity index (χ0) is 12.3. The van der Waals surface area contributed by atoms with E-state index in [1.807, 2.05) is 0 Å². The Morgan fingerprint density at radius 2 is 2.06 bits per heavy atom. The zero-order valence-electron chi connectivity index (χ0n) is 10.0. The van der Waals surface area contributed by atoms with Gasteiger partial charge in [-0.1, -0.05) is 28.1 Å². The molecule has 3 heteroatoms.